The van der Waals surface area contributed by atoms with E-state index in [0.717, 1.165) is 30.8 Å². The SMILES string of the molecule is O=C(NCCCN1CCCc2ccccc21)c1ccc(CSc2ccccc2)cc1. The van der Waals surface area contributed by atoms with E-state index in [1.54, 1.807) is 0 Å². The molecule has 0 fully saturated rings. The van der Waals surface area contributed by atoms with Crippen molar-refractivity contribution in [2.24, 2.45) is 0 Å². The maximum atomic E-state index is 12.5. The van der Waals surface area contributed by atoms with E-state index in [1.165, 1.54) is 34.6 Å². The zero-order valence-corrected chi connectivity index (χ0v) is 18.0. The van der Waals surface area contributed by atoms with Crippen LogP contribution in [0.5, 0.6) is 0 Å². The van der Waals surface area contributed by atoms with E-state index < -0.39 is 0 Å². The van der Waals surface area contributed by atoms with Gasteiger partial charge in [-0.3, -0.25) is 4.79 Å². The standard InChI is InChI=1S/C26H28N2OS/c29-26(23-15-13-21(14-16-23)20-30-24-10-2-1-3-11-24)27-17-7-19-28-18-6-9-22-8-4-5-12-25(22)28/h1-5,8,10-16H,6-7,9,17-20H2,(H,27,29). The Hall–Kier alpha value is -2.72. The summed E-state index contributed by atoms with van der Waals surface area (Å²) in [6.45, 7) is 2.78. The molecule has 0 aliphatic carbocycles. The maximum absolute atomic E-state index is 12.5. The van der Waals surface area contributed by atoms with Crippen LogP contribution >= 0.6 is 11.8 Å². The average Bonchev–Trinajstić information content (AvgIpc) is 2.81. The molecule has 0 spiro atoms. The van der Waals surface area contributed by atoms with Crippen LogP contribution < -0.4 is 10.2 Å². The van der Waals surface area contributed by atoms with Gasteiger partial charge < -0.3 is 10.2 Å². The zero-order valence-electron chi connectivity index (χ0n) is 17.2. The Labute approximate surface area is 183 Å². The normalized spacial score (nSPS) is 13.0. The molecule has 1 aliphatic heterocycles. The van der Waals surface area contributed by atoms with Crippen molar-refractivity contribution in [3.63, 3.8) is 0 Å². The molecule has 1 heterocycles. The molecular weight excluding hydrogens is 388 g/mol. The van der Waals surface area contributed by atoms with Crippen LogP contribution in [0, 0.1) is 0 Å². The molecule has 1 N–H and O–H groups in total. The second-order valence-corrected chi connectivity index (χ2v) is 8.68. The molecule has 1 aliphatic rings. The van der Waals surface area contributed by atoms with E-state index in [4.69, 9.17) is 0 Å². The third-order valence-corrected chi connectivity index (χ3v) is 6.54. The number of carbonyl (C=O) groups is 1. The van der Waals surface area contributed by atoms with Gasteiger partial charge in [-0.15, -0.1) is 11.8 Å². The fourth-order valence-electron chi connectivity index (χ4n) is 3.85. The van der Waals surface area contributed by atoms with Crippen LogP contribution in [0.3, 0.4) is 0 Å². The molecule has 0 aromatic heterocycles. The summed E-state index contributed by atoms with van der Waals surface area (Å²) in [6, 6.07) is 27.0. The highest BCUT2D eigenvalue weighted by Gasteiger charge is 2.15. The van der Waals surface area contributed by atoms with E-state index in [0.29, 0.717) is 6.54 Å². The Morgan fingerprint density at radius 2 is 1.70 bits per heavy atom. The average molecular weight is 417 g/mol. The number of nitrogens with one attached hydrogen (secondary N) is 1. The summed E-state index contributed by atoms with van der Waals surface area (Å²) < 4.78 is 0. The minimum atomic E-state index is 0.0105. The largest absolute Gasteiger partial charge is 0.371 e. The van der Waals surface area contributed by atoms with E-state index in [-0.39, 0.29) is 5.91 Å². The van der Waals surface area contributed by atoms with Crippen molar-refractivity contribution in [3.8, 4) is 0 Å². The van der Waals surface area contributed by atoms with Gasteiger partial charge in [-0.05, 0) is 60.7 Å². The van der Waals surface area contributed by atoms with Crippen LogP contribution in [0.15, 0.2) is 83.8 Å². The van der Waals surface area contributed by atoms with Crippen molar-refractivity contribution < 1.29 is 4.79 Å². The number of benzene rings is 3. The summed E-state index contributed by atoms with van der Waals surface area (Å²) in [6.07, 6.45) is 3.33. The minimum Gasteiger partial charge on any atom is -0.371 e. The van der Waals surface area contributed by atoms with Crippen LogP contribution in [0.2, 0.25) is 0 Å². The van der Waals surface area contributed by atoms with Crippen molar-refractivity contribution in [2.45, 2.75) is 29.9 Å². The van der Waals surface area contributed by atoms with Crippen LogP contribution in [-0.2, 0) is 12.2 Å². The first-order valence-corrected chi connectivity index (χ1v) is 11.7. The number of hydrogen-bond acceptors (Lipinski definition) is 3. The molecule has 1 amide bonds. The van der Waals surface area contributed by atoms with Crippen LogP contribution in [0.25, 0.3) is 0 Å². The van der Waals surface area contributed by atoms with Crippen molar-refractivity contribution in [2.75, 3.05) is 24.5 Å². The lowest BCUT2D eigenvalue weighted by Gasteiger charge is -2.31. The Kier molecular flexibility index (Phi) is 7.09. The topological polar surface area (TPSA) is 32.3 Å². The Morgan fingerprint density at radius 3 is 2.53 bits per heavy atom. The maximum Gasteiger partial charge on any atom is 0.251 e. The van der Waals surface area contributed by atoms with Gasteiger partial charge in [0.15, 0.2) is 0 Å². The van der Waals surface area contributed by atoms with Gasteiger partial charge in [0.2, 0.25) is 0 Å². The molecule has 4 heteroatoms. The predicted octanol–water partition coefficient (Wildman–Crippen LogP) is 5.55. The second kappa shape index (κ2) is 10.4. The monoisotopic (exact) mass is 416 g/mol. The predicted molar refractivity (Wildman–Crippen MR) is 126 cm³/mol. The van der Waals surface area contributed by atoms with Crippen molar-refractivity contribution in [1.82, 2.24) is 5.32 Å². The van der Waals surface area contributed by atoms with Crippen LogP contribution in [0.4, 0.5) is 5.69 Å². The van der Waals surface area contributed by atoms with Gasteiger partial charge in [-0.25, -0.2) is 0 Å². The third kappa shape index (κ3) is 5.45. The van der Waals surface area contributed by atoms with Crippen LogP contribution in [-0.4, -0.2) is 25.5 Å². The van der Waals surface area contributed by atoms with E-state index in [9.17, 15) is 4.79 Å². The first kappa shape index (κ1) is 20.5. The highest BCUT2D eigenvalue weighted by molar-refractivity contribution is 7.98. The van der Waals surface area contributed by atoms with Gasteiger partial charge in [0.05, 0.1) is 0 Å². The quantitative estimate of drug-likeness (QED) is 0.386. The number of fused-ring (bicyclic) bond motifs is 1. The Bertz CT molecular complexity index is 956. The highest BCUT2D eigenvalue weighted by Crippen LogP contribution is 2.26. The molecule has 3 aromatic carbocycles. The summed E-state index contributed by atoms with van der Waals surface area (Å²) in [4.78, 5) is 16.2. The van der Waals surface area contributed by atoms with Gasteiger partial charge >= 0.3 is 0 Å². The molecule has 0 radical (unpaired) electrons. The number of anilines is 1. The molecule has 0 saturated carbocycles. The molecule has 0 bridgehead atoms. The van der Waals surface area contributed by atoms with E-state index in [2.05, 4.69) is 70.9 Å². The third-order valence-electron chi connectivity index (χ3n) is 5.46. The summed E-state index contributed by atoms with van der Waals surface area (Å²) in [5.74, 6) is 0.916. The van der Waals surface area contributed by atoms with Gasteiger partial charge in [-0.1, -0.05) is 48.5 Å². The molecule has 154 valence electrons. The molecule has 0 unspecified atom stereocenters. The Morgan fingerprint density at radius 1 is 0.933 bits per heavy atom. The molecule has 0 saturated heterocycles. The summed E-state index contributed by atoms with van der Waals surface area (Å²) in [5, 5.41) is 3.07. The first-order valence-electron chi connectivity index (χ1n) is 10.7. The van der Waals surface area contributed by atoms with Crippen molar-refractivity contribution in [1.29, 1.82) is 0 Å². The molecule has 0 atom stereocenters. The number of para-hydroxylation sites is 1. The zero-order chi connectivity index (χ0) is 20.6. The van der Waals surface area contributed by atoms with Crippen molar-refractivity contribution >= 4 is 23.4 Å². The van der Waals surface area contributed by atoms with Crippen molar-refractivity contribution in [3.05, 3.63) is 95.6 Å². The van der Waals surface area contributed by atoms with Gasteiger partial charge in [-0.2, -0.15) is 0 Å². The van der Waals surface area contributed by atoms with Gasteiger partial charge in [0.1, 0.15) is 0 Å². The number of aryl methyl sites for hydroxylation is 1. The number of thioether (sulfide) groups is 1. The summed E-state index contributed by atoms with van der Waals surface area (Å²) in [7, 11) is 0. The summed E-state index contributed by atoms with van der Waals surface area (Å²) in [5.41, 5.74) is 4.76. The minimum absolute atomic E-state index is 0.0105. The number of amides is 1. The number of nitrogens with zero attached hydrogens (tertiary/aromatic N) is 1. The fourth-order valence-corrected chi connectivity index (χ4v) is 4.73. The Balaban J connectivity index is 1.21. The lowest BCUT2D eigenvalue weighted by atomic mass is 10.0. The molecule has 30 heavy (non-hydrogen) atoms. The lowest BCUT2D eigenvalue weighted by molar-refractivity contribution is 0.0953. The molecule has 3 nitrogen and oxygen atoms in total. The highest BCUT2D eigenvalue weighted by atomic mass is 32.2. The first-order chi connectivity index (χ1) is 14.8. The smallest absolute Gasteiger partial charge is 0.251 e. The molecule has 3 aromatic rings. The van der Waals surface area contributed by atoms with E-state index in [1.807, 2.05) is 30.0 Å². The lowest BCUT2D eigenvalue weighted by Crippen LogP contribution is -2.33. The number of hydrogen-bond donors (Lipinski definition) is 1. The second-order valence-electron chi connectivity index (χ2n) is 7.63. The molecule has 4 rings (SSSR count). The number of carbonyl (C=O) groups excluding carboxylic acids is 1. The van der Waals surface area contributed by atoms with Crippen LogP contribution in [0.1, 0.15) is 34.3 Å². The fraction of sp³-hybridized carbons (Fsp3) is 0.269. The summed E-state index contributed by atoms with van der Waals surface area (Å²) >= 11 is 1.81. The molecular formula is C26H28N2OS. The van der Waals surface area contributed by atoms with E-state index >= 15 is 0 Å². The number of rotatable bonds is 8. The van der Waals surface area contributed by atoms with Gasteiger partial charge in [0, 0.05) is 41.5 Å². The van der Waals surface area contributed by atoms with Gasteiger partial charge in [0.25, 0.3) is 5.91 Å².